The van der Waals surface area contributed by atoms with Gasteiger partial charge in [0.2, 0.25) is 11.7 Å². The molecule has 0 saturated carbocycles. The number of rotatable bonds is 4. The largest absolute Gasteiger partial charge is 0.366 e. The van der Waals surface area contributed by atoms with Crippen molar-refractivity contribution < 1.29 is 9.59 Å². The highest BCUT2D eigenvalue weighted by Gasteiger charge is 2.19. The van der Waals surface area contributed by atoms with Crippen LogP contribution in [0.1, 0.15) is 32.1 Å². The summed E-state index contributed by atoms with van der Waals surface area (Å²) in [7, 11) is 1.74. The molecular formula is C20H17N5O2. The van der Waals surface area contributed by atoms with Crippen LogP contribution < -0.4 is 5.73 Å². The number of nitrogens with two attached hydrogens (primary N) is 1. The van der Waals surface area contributed by atoms with Crippen LogP contribution in [0.3, 0.4) is 0 Å². The summed E-state index contributed by atoms with van der Waals surface area (Å²) < 4.78 is 1.57. The second kappa shape index (κ2) is 6.21. The van der Waals surface area contributed by atoms with Gasteiger partial charge in [0, 0.05) is 36.0 Å². The number of carbonyl (C=O) groups excluding carboxylic acids is 2. The fraction of sp³-hybridized carbons (Fsp3) is 0.100. The van der Waals surface area contributed by atoms with Gasteiger partial charge in [-0.05, 0) is 36.8 Å². The number of pyridine rings is 1. The lowest BCUT2D eigenvalue weighted by atomic mass is 10.0. The van der Waals surface area contributed by atoms with Gasteiger partial charge in [-0.1, -0.05) is 12.1 Å². The predicted molar refractivity (Wildman–Crippen MR) is 101 cm³/mol. The van der Waals surface area contributed by atoms with Crippen molar-refractivity contribution in [1.29, 1.82) is 0 Å². The minimum Gasteiger partial charge on any atom is -0.366 e. The molecule has 0 spiro atoms. The molecule has 4 aromatic rings. The van der Waals surface area contributed by atoms with E-state index in [0.29, 0.717) is 27.9 Å². The fourth-order valence-electron chi connectivity index (χ4n) is 3.16. The van der Waals surface area contributed by atoms with Crippen LogP contribution in [0.25, 0.3) is 22.2 Å². The monoisotopic (exact) mass is 359 g/mol. The van der Waals surface area contributed by atoms with Gasteiger partial charge in [-0.2, -0.15) is 5.10 Å². The topological polar surface area (TPSA) is 107 Å². The molecule has 0 fully saturated rings. The number of carbonyl (C=O) groups is 2. The van der Waals surface area contributed by atoms with Gasteiger partial charge in [0.05, 0.1) is 11.3 Å². The Bertz CT molecular complexity index is 1200. The molecule has 27 heavy (non-hydrogen) atoms. The van der Waals surface area contributed by atoms with Gasteiger partial charge < -0.3 is 10.7 Å². The molecule has 0 bridgehead atoms. The van der Waals surface area contributed by atoms with Crippen LogP contribution in [-0.2, 0) is 7.05 Å². The lowest BCUT2D eigenvalue weighted by molar-refractivity contribution is 0.0998. The van der Waals surface area contributed by atoms with Gasteiger partial charge in [-0.3, -0.25) is 14.3 Å². The summed E-state index contributed by atoms with van der Waals surface area (Å²) in [4.78, 5) is 31.9. The van der Waals surface area contributed by atoms with Gasteiger partial charge in [0.1, 0.15) is 11.3 Å². The first-order valence-electron chi connectivity index (χ1n) is 8.37. The molecule has 0 unspecified atom stereocenters. The predicted octanol–water partition coefficient (Wildman–Crippen LogP) is 2.60. The summed E-state index contributed by atoms with van der Waals surface area (Å²) in [6, 6.07) is 10.6. The van der Waals surface area contributed by atoms with E-state index in [9.17, 15) is 9.59 Å². The molecule has 4 rings (SSSR count). The summed E-state index contributed by atoms with van der Waals surface area (Å²) >= 11 is 0. The Hall–Kier alpha value is -3.74. The number of primary amides is 1. The summed E-state index contributed by atoms with van der Waals surface area (Å²) in [5.41, 5.74) is 9.81. The van der Waals surface area contributed by atoms with Gasteiger partial charge in [-0.25, -0.2) is 4.98 Å². The number of hydrogen-bond donors (Lipinski definition) is 2. The van der Waals surface area contributed by atoms with Gasteiger partial charge in [0.15, 0.2) is 0 Å². The summed E-state index contributed by atoms with van der Waals surface area (Å²) in [6.45, 7) is 1.84. The number of amides is 1. The molecular weight excluding hydrogens is 342 g/mol. The molecule has 0 saturated heterocycles. The molecule has 0 aliphatic heterocycles. The highest BCUT2D eigenvalue weighted by molar-refractivity contribution is 6.15. The first-order valence-corrected chi connectivity index (χ1v) is 8.37. The smallest absolute Gasteiger partial charge is 0.248 e. The third kappa shape index (κ3) is 2.89. The molecule has 3 N–H and O–H groups in total. The van der Waals surface area contributed by atoms with Crippen molar-refractivity contribution in [3.8, 4) is 11.1 Å². The highest BCUT2D eigenvalue weighted by atomic mass is 16.1. The molecule has 1 aromatic carbocycles. The molecule has 3 heterocycles. The minimum absolute atomic E-state index is 0.130. The second-order valence-electron chi connectivity index (χ2n) is 6.39. The second-order valence-corrected chi connectivity index (χ2v) is 6.39. The first kappa shape index (κ1) is 16.7. The van der Waals surface area contributed by atoms with E-state index in [1.54, 1.807) is 48.4 Å². The van der Waals surface area contributed by atoms with Gasteiger partial charge in [-0.15, -0.1) is 0 Å². The molecule has 134 valence electrons. The lowest BCUT2D eigenvalue weighted by Gasteiger charge is -2.05. The molecule has 1 amide bonds. The van der Waals surface area contributed by atoms with Crippen LogP contribution >= 0.6 is 0 Å². The lowest BCUT2D eigenvalue weighted by Crippen LogP contribution is -2.10. The number of aromatic amines is 1. The number of ketones is 1. The first-order chi connectivity index (χ1) is 12.9. The molecule has 0 radical (unpaired) electrons. The van der Waals surface area contributed by atoms with Crippen molar-refractivity contribution in [3.63, 3.8) is 0 Å². The van der Waals surface area contributed by atoms with E-state index >= 15 is 0 Å². The minimum atomic E-state index is -0.491. The Labute approximate surface area is 154 Å². The maximum atomic E-state index is 13.0. The van der Waals surface area contributed by atoms with Crippen LogP contribution in [0.4, 0.5) is 0 Å². The summed E-state index contributed by atoms with van der Waals surface area (Å²) in [5.74, 6) is -0.621. The van der Waals surface area contributed by atoms with E-state index in [4.69, 9.17) is 5.73 Å². The van der Waals surface area contributed by atoms with Crippen molar-refractivity contribution in [1.82, 2.24) is 19.7 Å². The number of aromatic nitrogens is 4. The highest BCUT2D eigenvalue weighted by Crippen LogP contribution is 2.26. The van der Waals surface area contributed by atoms with Crippen molar-refractivity contribution in [2.75, 3.05) is 0 Å². The number of fused-ring (bicyclic) bond motifs is 1. The van der Waals surface area contributed by atoms with E-state index in [-0.39, 0.29) is 5.78 Å². The van der Waals surface area contributed by atoms with Crippen LogP contribution in [-0.4, -0.2) is 31.4 Å². The normalized spacial score (nSPS) is 11.0. The van der Waals surface area contributed by atoms with Crippen molar-refractivity contribution in [2.24, 2.45) is 12.8 Å². The Morgan fingerprint density at radius 2 is 1.96 bits per heavy atom. The molecule has 7 nitrogen and oxygen atoms in total. The zero-order chi connectivity index (χ0) is 19.1. The van der Waals surface area contributed by atoms with Crippen molar-refractivity contribution in [2.45, 2.75) is 6.92 Å². The molecule has 7 heteroatoms. The summed E-state index contributed by atoms with van der Waals surface area (Å²) in [6.07, 6.45) is 3.35. The summed E-state index contributed by atoms with van der Waals surface area (Å²) in [5, 5.41) is 4.95. The third-order valence-corrected chi connectivity index (χ3v) is 4.49. The van der Waals surface area contributed by atoms with E-state index in [0.717, 1.165) is 16.8 Å². The number of nitrogens with one attached hydrogen (secondary N) is 1. The number of H-pyrrole nitrogens is 1. The van der Waals surface area contributed by atoms with Crippen molar-refractivity contribution >= 4 is 22.7 Å². The molecule has 0 aliphatic carbocycles. The zero-order valence-corrected chi connectivity index (χ0v) is 14.9. The Morgan fingerprint density at radius 3 is 2.67 bits per heavy atom. The van der Waals surface area contributed by atoms with E-state index < -0.39 is 5.91 Å². The van der Waals surface area contributed by atoms with Crippen LogP contribution in [0.15, 0.2) is 48.8 Å². The van der Waals surface area contributed by atoms with Crippen molar-refractivity contribution in [3.05, 3.63) is 71.3 Å². The number of nitrogens with zero attached hydrogens (tertiary/aromatic N) is 3. The van der Waals surface area contributed by atoms with Crippen LogP contribution in [0.5, 0.6) is 0 Å². The number of benzene rings is 1. The average molecular weight is 359 g/mol. The van der Waals surface area contributed by atoms with E-state index in [2.05, 4.69) is 15.1 Å². The average Bonchev–Trinajstić information content (AvgIpc) is 3.23. The van der Waals surface area contributed by atoms with E-state index in [1.165, 1.54) is 0 Å². The van der Waals surface area contributed by atoms with Gasteiger partial charge >= 0.3 is 0 Å². The van der Waals surface area contributed by atoms with Gasteiger partial charge in [0.25, 0.3) is 0 Å². The maximum Gasteiger partial charge on any atom is 0.248 e. The molecule has 3 aromatic heterocycles. The third-order valence-electron chi connectivity index (χ3n) is 4.49. The Kier molecular flexibility index (Phi) is 3.84. The van der Waals surface area contributed by atoms with Crippen LogP contribution in [0.2, 0.25) is 0 Å². The Balaban J connectivity index is 1.82. The fourth-order valence-corrected chi connectivity index (χ4v) is 3.16. The molecule has 0 atom stereocenters. The molecule has 0 aliphatic rings. The number of hydrogen-bond acceptors (Lipinski definition) is 4. The maximum absolute atomic E-state index is 13.0. The zero-order valence-electron chi connectivity index (χ0n) is 14.9. The standard InChI is InChI=1S/C20H17N5O2/c1-11-6-17(25(2)24-11)18(26)16-10-23-20-15(16)8-14(9-22-20)12-4-3-5-13(7-12)19(21)27/h3-10H,1-2H3,(H2,21,27)(H,22,23). The number of aryl methyl sites for hydroxylation is 2. The quantitative estimate of drug-likeness (QED) is 0.546. The SMILES string of the molecule is Cc1cc(C(=O)c2c[nH]c3ncc(-c4cccc(C(N)=O)c4)cc23)n(C)n1. The Morgan fingerprint density at radius 1 is 1.15 bits per heavy atom. The van der Waals surface area contributed by atoms with E-state index in [1.807, 2.05) is 19.1 Å². The van der Waals surface area contributed by atoms with Crippen LogP contribution in [0, 0.1) is 6.92 Å².